The Morgan fingerprint density at radius 3 is 2.44 bits per heavy atom. The molecule has 0 aliphatic carbocycles. The number of benzene rings is 1. The minimum Gasteiger partial charge on any atom is -0.317 e. The highest BCUT2D eigenvalue weighted by Gasteiger charge is 2.17. The molecule has 0 radical (unpaired) electrons. The SMILES string of the molecule is CCNCCC(C)(C)CCc1ccc(C)cc1C. The second-order valence-corrected chi connectivity index (χ2v) is 6.20. The van der Waals surface area contributed by atoms with E-state index in [1.165, 1.54) is 36.0 Å². The third-order valence-electron chi connectivity index (χ3n) is 3.80. The molecule has 0 saturated carbocycles. The first-order valence-electron chi connectivity index (χ1n) is 7.21. The molecule has 1 rings (SSSR count). The quantitative estimate of drug-likeness (QED) is 0.710. The van der Waals surface area contributed by atoms with Crippen molar-refractivity contribution in [2.45, 2.75) is 53.9 Å². The molecular weight excluding hydrogens is 218 g/mol. The standard InChI is InChI=1S/C17H29N/c1-6-18-12-11-17(4,5)10-9-16-8-7-14(2)13-15(16)3/h7-8,13,18H,6,9-12H2,1-5H3. The van der Waals surface area contributed by atoms with E-state index in [1.54, 1.807) is 0 Å². The molecule has 0 aliphatic rings. The average Bonchev–Trinajstić information content (AvgIpc) is 2.28. The van der Waals surface area contributed by atoms with Crippen LogP contribution in [-0.4, -0.2) is 13.1 Å². The van der Waals surface area contributed by atoms with E-state index in [2.05, 4.69) is 58.1 Å². The van der Waals surface area contributed by atoms with Gasteiger partial charge in [0.05, 0.1) is 0 Å². The van der Waals surface area contributed by atoms with E-state index in [0.717, 1.165) is 13.1 Å². The first-order valence-corrected chi connectivity index (χ1v) is 7.21. The van der Waals surface area contributed by atoms with Crippen LogP contribution in [0, 0.1) is 19.3 Å². The van der Waals surface area contributed by atoms with E-state index in [1.807, 2.05) is 0 Å². The molecule has 1 nitrogen and oxygen atoms in total. The molecule has 0 aliphatic heterocycles. The van der Waals surface area contributed by atoms with Crippen molar-refractivity contribution in [3.63, 3.8) is 0 Å². The fourth-order valence-corrected chi connectivity index (χ4v) is 2.33. The van der Waals surface area contributed by atoms with Crippen LogP contribution >= 0.6 is 0 Å². The number of aryl methyl sites for hydroxylation is 3. The summed E-state index contributed by atoms with van der Waals surface area (Å²) in [4.78, 5) is 0. The zero-order valence-corrected chi connectivity index (χ0v) is 12.8. The largest absolute Gasteiger partial charge is 0.317 e. The van der Waals surface area contributed by atoms with Gasteiger partial charge in [-0.25, -0.2) is 0 Å². The highest BCUT2D eigenvalue weighted by molar-refractivity contribution is 5.30. The number of hydrogen-bond donors (Lipinski definition) is 1. The molecule has 1 heteroatoms. The van der Waals surface area contributed by atoms with E-state index in [0.29, 0.717) is 5.41 Å². The molecule has 0 atom stereocenters. The van der Waals surface area contributed by atoms with E-state index >= 15 is 0 Å². The van der Waals surface area contributed by atoms with Gasteiger partial charge in [0, 0.05) is 0 Å². The summed E-state index contributed by atoms with van der Waals surface area (Å²) in [6.07, 6.45) is 3.72. The van der Waals surface area contributed by atoms with Gasteiger partial charge in [-0.2, -0.15) is 0 Å². The predicted octanol–water partition coefficient (Wildman–Crippen LogP) is 4.26. The minimum absolute atomic E-state index is 0.430. The van der Waals surface area contributed by atoms with Crippen LogP contribution in [0.4, 0.5) is 0 Å². The van der Waals surface area contributed by atoms with Gasteiger partial charge in [0.25, 0.3) is 0 Å². The van der Waals surface area contributed by atoms with Gasteiger partial charge < -0.3 is 5.32 Å². The highest BCUT2D eigenvalue weighted by Crippen LogP contribution is 2.27. The summed E-state index contributed by atoms with van der Waals surface area (Å²) >= 11 is 0. The first-order chi connectivity index (χ1) is 8.44. The van der Waals surface area contributed by atoms with Crippen molar-refractivity contribution in [3.05, 3.63) is 34.9 Å². The van der Waals surface area contributed by atoms with E-state index in [-0.39, 0.29) is 0 Å². The summed E-state index contributed by atoms with van der Waals surface area (Å²) in [6, 6.07) is 6.82. The molecule has 0 aromatic heterocycles. The Balaban J connectivity index is 2.48. The van der Waals surface area contributed by atoms with Gasteiger partial charge in [-0.1, -0.05) is 44.5 Å². The molecule has 1 aromatic carbocycles. The van der Waals surface area contributed by atoms with Crippen LogP contribution in [0.2, 0.25) is 0 Å². The van der Waals surface area contributed by atoms with Gasteiger partial charge in [0.2, 0.25) is 0 Å². The average molecular weight is 247 g/mol. The smallest absolute Gasteiger partial charge is 0.00439 e. The van der Waals surface area contributed by atoms with Gasteiger partial charge in [-0.3, -0.25) is 0 Å². The van der Waals surface area contributed by atoms with Crippen LogP contribution in [0.25, 0.3) is 0 Å². The van der Waals surface area contributed by atoms with Crippen LogP contribution in [0.1, 0.15) is 50.3 Å². The summed E-state index contributed by atoms with van der Waals surface area (Å²) in [5.74, 6) is 0. The number of nitrogens with one attached hydrogen (secondary N) is 1. The van der Waals surface area contributed by atoms with Gasteiger partial charge in [0.15, 0.2) is 0 Å². The van der Waals surface area contributed by atoms with Crippen LogP contribution in [0.15, 0.2) is 18.2 Å². The Bertz CT molecular complexity index is 366. The summed E-state index contributed by atoms with van der Waals surface area (Å²) in [7, 11) is 0. The van der Waals surface area contributed by atoms with Crippen LogP contribution in [0.3, 0.4) is 0 Å². The lowest BCUT2D eigenvalue weighted by atomic mass is 9.82. The van der Waals surface area contributed by atoms with Crippen LogP contribution < -0.4 is 5.32 Å². The van der Waals surface area contributed by atoms with Gasteiger partial charge >= 0.3 is 0 Å². The zero-order chi connectivity index (χ0) is 13.6. The maximum Gasteiger partial charge on any atom is -0.00439 e. The van der Waals surface area contributed by atoms with Crippen molar-refractivity contribution in [3.8, 4) is 0 Å². The maximum absolute atomic E-state index is 3.42. The lowest BCUT2D eigenvalue weighted by Gasteiger charge is -2.25. The van der Waals surface area contributed by atoms with Crippen molar-refractivity contribution in [2.75, 3.05) is 13.1 Å². The molecule has 1 N–H and O–H groups in total. The molecule has 102 valence electrons. The summed E-state index contributed by atoms with van der Waals surface area (Å²) in [6.45, 7) is 13.5. The van der Waals surface area contributed by atoms with Gasteiger partial charge in [-0.05, 0) is 62.7 Å². The summed E-state index contributed by atoms with van der Waals surface area (Å²) in [5.41, 5.74) is 4.75. The maximum atomic E-state index is 3.42. The topological polar surface area (TPSA) is 12.0 Å². The zero-order valence-electron chi connectivity index (χ0n) is 12.8. The van der Waals surface area contributed by atoms with E-state index in [4.69, 9.17) is 0 Å². The highest BCUT2D eigenvalue weighted by atomic mass is 14.8. The van der Waals surface area contributed by atoms with E-state index in [9.17, 15) is 0 Å². The molecule has 0 saturated heterocycles. The molecule has 0 unspecified atom stereocenters. The Morgan fingerprint density at radius 1 is 1.11 bits per heavy atom. The summed E-state index contributed by atoms with van der Waals surface area (Å²) in [5, 5.41) is 3.42. The number of hydrogen-bond acceptors (Lipinski definition) is 1. The molecule has 0 spiro atoms. The van der Waals surface area contributed by atoms with Gasteiger partial charge in [0.1, 0.15) is 0 Å². The fraction of sp³-hybridized carbons (Fsp3) is 0.647. The predicted molar refractivity (Wildman–Crippen MR) is 81.2 cm³/mol. The summed E-state index contributed by atoms with van der Waals surface area (Å²) < 4.78 is 0. The van der Waals surface area contributed by atoms with Crippen molar-refractivity contribution < 1.29 is 0 Å². The third-order valence-corrected chi connectivity index (χ3v) is 3.80. The minimum atomic E-state index is 0.430. The molecule has 0 fully saturated rings. The molecular formula is C17H29N. The fourth-order valence-electron chi connectivity index (χ4n) is 2.33. The Hall–Kier alpha value is -0.820. The third kappa shape index (κ3) is 5.22. The van der Waals surface area contributed by atoms with Crippen molar-refractivity contribution in [2.24, 2.45) is 5.41 Å². The Kier molecular flexibility index (Phi) is 5.87. The van der Waals surface area contributed by atoms with Crippen molar-refractivity contribution in [1.82, 2.24) is 5.32 Å². The van der Waals surface area contributed by atoms with Crippen molar-refractivity contribution in [1.29, 1.82) is 0 Å². The normalized spacial score (nSPS) is 11.8. The first kappa shape index (κ1) is 15.2. The second kappa shape index (κ2) is 6.94. The van der Waals surface area contributed by atoms with E-state index < -0.39 is 0 Å². The van der Waals surface area contributed by atoms with Crippen molar-refractivity contribution >= 4 is 0 Å². The van der Waals surface area contributed by atoms with Gasteiger partial charge in [-0.15, -0.1) is 0 Å². The molecule has 0 heterocycles. The lowest BCUT2D eigenvalue weighted by molar-refractivity contribution is 0.303. The molecule has 0 amide bonds. The lowest BCUT2D eigenvalue weighted by Crippen LogP contribution is -2.22. The Morgan fingerprint density at radius 2 is 1.83 bits per heavy atom. The van der Waals surface area contributed by atoms with Crippen LogP contribution in [-0.2, 0) is 6.42 Å². The molecule has 0 bridgehead atoms. The second-order valence-electron chi connectivity index (χ2n) is 6.20. The number of rotatable bonds is 7. The Labute approximate surface area is 113 Å². The molecule has 18 heavy (non-hydrogen) atoms. The monoisotopic (exact) mass is 247 g/mol. The molecule has 1 aromatic rings. The van der Waals surface area contributed by atoms with Crippen LogP contribution in [0.5, 0.6) is 0 Å².